The van der Waals surface area contributed by atoms with Crippen molar-refractivity contribution in [1.29, 1.82) is 0 Å². The van der Waals surface area contributed by atoms with Crippen molar-refractivity contribution in [2.45, 2.75) is 11.9 Å². The third-order valence-electron chi connectivity index (χ3n) is 2.70. The topological polar surface area (TPSA) is 18.5 Å². The lowest BCUT2D eigenvalue weighted by Crippen LogP contribution is -2.00. The number of hydrogen-bond acceptors (Lipinski definition) is 2. The van der Waals surface area contributed by atoms with Gasteiger partial charge in [-0.1, -0.05) is 56.1 Å². The minimum absolute atomic E-state index is 0.514. The molecule has 2 nitrogen and oxygen atoms in total. The van der Waals surface area contributed by atoms with Gasteiger partial charge in [0.2, 0.25) is 0 Å². The molecule has 0 atom stereocenters. The van der Waals surface area contributed by atoms with Gasteiger partial charge in [-0.25, -0.2) is 0 Å². The number of rotatable bonds is 5. The van der Waals surface area contributed by atoms with E-state index >= 15 is 0 Å². The van der Waals surface area contributed by atoms with Crippen LogP contribution in [0.5, 0.6) is 11.5 Å². The Morgan fingerprint density at radius 2 is 1.89 bits per heavy atom. The Balaban J connectivity index is 2.19. The normalized spacial score (nSPS) is 10.3. The summed E-state index contributed by atoms with van der Waals surface area (Å²) in [5, 5.41) is 0.734. The van der Waals surface area contributed by atoms with Crippen LogP contribution in [-0.4, -0.2) is 7.11 Å². The summed E-state index contributed by atoms with van der Waals surface area (Å²) in [5.41, 5.74) is 2.19. The molecule has 0 N–H and O–H groups in total. The molecule has 2 aromatic rings. The third-order valence-corrected chi connectivity index (χ3v) is 3.79. The molecule has 2 aromatic carbocycles. The fraction of sp³-hybridized carbons (Fsp3) is 0.200. The van der Waals surface area contributed by atoms with Crippen LogP contribution in [0.1, 0.15) is 11.1 Å². The predicted octanol–water partition coefficient (Wildman–Crippen LogP) is 4.93. The highest BCUT2D eigenvalue weighted by Gasteiger charge is 2.09. The van der Waals surface area contributed by atoms with Crippen molar-refractivity contribution in [3.8, 4) is 11.5 Å². The SMILES string of the molecule is COc1cccc(CBr)c1OCc1cccc(Br)c1. The smallest absolute Gasteiger partial charge is 0.165 e. The zero-order valence-electron chi connectivity index (χ0n) is 10.5. The zero-order valence-corrected chi connectivity index (χ0v) is 13.7. The van der Waals surface area contributed by atoms with Gasteiger partial charge in [-0.2, -0.15) is 0 Å². The molecule has 0 aliphatic carbocycles. The van der Waals surface area contributed by atoms with Crippen molar-refractivity contribution in [1.82, 2.24) is 0 Å². The minimum atomic E-state index is 0.514. The van der Waals surface area contributed by atoms with Crippen LogP contribution in [-0.2, 0) is 11.9 Å². The van der Waals surface area contributed by atoms with E-state index in [1.165, 1.54) is 0 Å². The first-order chi connectivity index (χ1) is 9.24. The van der Waals surface area contributed by atoms with Gasteiger partial charge in [0.1, 0.15) is 6.61 Å². The zero-order chi connectivity index (χ0) is 13.7. The number of para-hydroxylation sites is 1. The fourth-order valence-corrected chi connectivity index (χ4v) is 2.66. The molecule has 0 radical (unpaired) electrons. The van der Waals surface area contributed by atoms with Crippen LogP contribution in [0.25, 0.3) is 0 Å². The van der Waals surface area contributed by atoms with E-state index < -0.39 is 0 Å². The molecule has 0 bridgehead atoms. The standard InChI is InChI=1S/C15H14Br2O2/c1-18-14-7-3-5-12(9-16)15(14)19-10-11-4-2-6-13(17)8-11/h2-8H,9-10H2,1H3. The number of benzene rings is 2. The highest BCUT2D eigenvalue weighted by Crippen LogP contribution is 2.33. The van der Waals surface area contributed by atoms with Crippen molar-refractivity contribution in [3.05, 3.63) is 58.1 Å². The van der Waals surface area contributed by atoms with E-state index in [1.807, 2.05) is 42.5 Å². The van der Waals surface area contributed by atoms with Crippen LogP contribution in [0.15, 0.2) is 46.9 Å². The maximum atomic E-state index is 5.92. The number of methoxy groups -OCH3 is 1. The van der Waals surface area contributed by atoms with Crippen LogP contribution in [0.3, 0.4) is 0 Å². The summed E-state index contributed by atoms with van der Waals surface area (Å²) in [6.45, 7) is 0.514. The molecule has 0 heterocycles. The molecule has 0 saturated heterocycles. The highest BCUT2D eigenvalue weighted by atomic mass is 79.9. The van der Waals surface area contributed by atoms with Crippen LogP contribution in [0.4, 0.5) is 0 Å². The first-order valence-electron chi connectivity index (χ1n) is 5.83. The Labute approximate surface area is 130 Å². The highest BCUT2D eigenvalue weighted by molar-refractivity contribution is 9.10. The predicted molar refractivity (Wildman–Crippen MR) is 84.1 cm³/mol. The molecule has 100 valence electrons. The molecule has 4 heteroatoms. The average molecular weight is 386 g/mol. The van der Waals surface area contributed by atoms with Crippen LogP contribution < -0.4 is 9.47 Å². The van der Waals surface area contributed by atoms with Crippen molar-refractivity contribution in [2.75, 3.05) is 7.11 Å². The minimum Gasteiger partial charge on any atom is -0.493 e. The van der Waals surface area contributed by atoms with Gasteiger partial charge in [-0.3, -0.25) is 0 Å². The number of halogens is 2. The molecule has 0 spiro atoms. The largest absolute Gasteiger partial charge is 0.493 e. The molecule has 0 aromatic heterocycles. The summed E-state index contributed by atoms with van der Waals surface area (Å²) in [6.07, 6.45) is 0. The van der Waals surface area contributed by atoms with Gasteiger partial charge in [0.05, 0.1) is 7.11 Å². The van der Waals surface area contributed by atoms with Gasteiger partial charge in [0, 0.05) is 15.4 Å². The Bertz CT molecular complexity index is 533. The second-order valence-corrected chi connectivity index (χ2v) is 5.48. The number of ether oxygens (including phenoxy) is 2. The van der Waals surface area contributed by atoms with E-state index in [0.29, 0.717) is 6.61 Å². The van der Waals surface area contributed by atoms with E-state index in [9.17, 15) is 0 Å². The lowest BCUT2D eigenvalue weighted by Gasteiger charge is -2.14. The van der Waals surface area contributed by atoms with E-state index in [0.717, 1.165) is 32.4 Å². The Morgan fingerprint density at radius 1 is 1.11 bits per heavy atom. The summed E-state index contributed by atoms with van der Waals surface area (Å²) in [4.78, 5) is 0. The molecule has 0 aliphatic heterocycles. The van der Waals surface area contributed by atoms with E-state index in [1.54, 1.807) is 7.11 Å². The van der Waals surface area contributed by atoms with Crippen molar-refractivity contribution in [3.63, 3.8) is 0 Å². The lowest BCUT2D eigenvalue weighted by molar-refractivity contribution is 0.282. The maximum Gasteiger partial charge on any atom is 0.165 e. The molecule has 0 aliphatic rings. The van der Waals surface area contributed by atoms with Gasteiger partial charge in [-0.05, 0) is 23.8 Å². The van der Waals surface area contributed by atoms with Crippen molar-refractivity contribution >= 4 is 31.9 Å². The molecular formula is C15H14Br2O2. The summed E-state index contributed by atoms with van der Waals surface area (Å²) >= 11 is 6.92. The molecule has 2 rings (SSSR count). The maximum absolute atomic E-state index is 5.92. The first kappa shape index (κ1) is 14.4. The second-order valence-electron chi connectivity index (χ2n) is 4.00. The Hall–Kier alpha value is -1.00. The monoisotopic (exact) mass is 384 g/mol. The molecule has 0 amide bonds. The van der Waals surface area contributed by atoms with E-state index in [4.69, 9.17) is 9.47 Å². The fourth-order valence-electron chi connectivity index (χ4n) is 1.77. The molecule has 0 unspecified atom stereocenters. The molecular weight excluding hydrogens is 372 g/mol. The summed E-state index contributed by atoms with van der Waals surface area (Å²) < 4.78 is 12.3. The van der Waals surface area contributed by atoms with Crippen LogP contribution in [0, 0.1) is 0 Å². The summed E-state index contributed by atoms with van der Waals surface area (Å²) in [5.74, 6) is 1.55. The summed E-state index contributed by atoms with van der Waals surface area (Å²) in [7, 11) is 1.65. The van der Waals surface area contributed by atoms with Crippen molar-refractivity contribution in [2.24, 2.45) is 0 Å². The van der Waals surface area contributed by atoms with Crippen LogP contribution in [0.2, 0.25) is 0 Å². The van der Waals surface area contributed by atoms with Gasteiger partial charge in [0.15, 0.2) is 11.5 Å². The van der Waals surface area contributed by atoms with Crippen LogP contribution >= 0.6 is 31.9 Å². The van der Waals surface area contributed by atoms with Gasteiger partial charge in [0.25, 0.3) is 0 Å². The van der Waals surface area contributed by atoms with Gasteiger partial charge in [-0.15, -0.1) is 0 Å². The van der Waals surface area contributed by atoms with Gasteiger partial charge >= 0.3 is 0 Å². The number of alkyl halides is 1. The molecule has 0 fully saturated rings. The summed E-state index contributed by atoms with van der Waals surface area (Å²) in [6, 6.07) is 14.0. The second kappa shape index (κ2) is 6.96. The van der Waals surface area contributed by atoms with Gasteiger partial charge < -0.3 is 9.47 Å². The Morgan fingerprint density at radius 3 is 2.58 bits per heavy atom. The molecule has 19 heavy (non-hydrogen) atoms. The van der Waals surface area contributed by atoms with E-state index in [2.05, 4.69) is 31.9 Å². The van der Waals surface area contributed by atoms with E-state index in [-0.39, 0.29) is 0 Å². The quantitative estimate of drug-likeness (QED) is 0.679. The average Bonchev–Trinajstić information content (AvgIpc) is 2.44. The lowest BCUT2D eigenvalue weighted by atomic mass is 10.2. The molecule has 0 saturated carbocycles. The first-order valence-corrected chi connectivity index (χ1v) is 7.75. The third kappa shape index (κ3) is 3.74. The Kier molecular flexibility index (Phi) is 5.28. The van der Waals surface area contributed by atoms with Crippen molar-refractivity contribution < 1.29 is 9.47 Å². The number of hydrogen-bond donors (Lipinski definition) is 0.